The van der Waals surface area contributed by atoms with Crippen LogP contribution in [-0.4, -0.2) is 33.2 Å². The van der Waals surface area contributed by atoms with E-state index in [2.05, 4.69) is 20.7 Å². The van der Waals surface area contributed by atoms with Crippen LogP contribution in [0.4, 0.5) is 0 Å². The van der Waals surface area contributed by atoms with Gasteiger partial charge in [-0.15, -0.1) is 0 Å². The third-order valence-corrected chi connectivity index (χ3v) is 4.89. The van der Waals surface area contributed by atoms with Crippen molar-refractivity contribution in [3.8, 4) is 0 Å². The van der Waals surface area contributed by atoms with Gasteiger partial charge in [0.25, 0.3) is 0 Å². The third kappa shape index (κ3) is 5.17. The van der Waals surface area contributed by atoms with Crippen LogP contribution in [0.3, 0.4) is 0 Å². The molecular weight excluding hydrogens is 442 g/mol. The molecule has 0 spiro atoms. The number of aromatic carboxylic acids is 1. The highest BCUT2D eigenvalue weighted by molar-refractivity contribution is 9.10. The molecule has 8 heteroatoms. The number of hydrogen-bond donors (Lipinski definition) is 1. The Labute approximate surface area is 175 Å². The van der Waals surface area contributed by atoms with Crippen molar-refractivity contribution >= 4 is 45.1 Å². The zero-order valence-electron chi connectivity index (χ0n) is 15.9. The van der Waals surface area contributed by atoms with Gasteiger partial charge < -0.3 is 14.2 Å². The smallest absolute Gasteiger partial charge is 0.335 e. The summed E-state index contributed by atoms with van der Waals surface area (Å²) < 4.78 is 6.65. The highest BCUT2D eigenvalue weighted by Gasteiger charge is 2.21. The highest BCUT2D eigenvalue weighted by Crippen LogP contribution is 2.29. The molecule has 0 aliphatic carbocycles. The van der Waals surface area contributed by atoms with Crippen LogP contribution in [0.2, 0.25) is 0 Å². The number of esters is 2. The molecule has 1 aromatic carbocycles. The molecule has 0 saturated carbocycles. The number of carboxylic acids is 1. The monoisotopic (exact) mass is 459 g/mol. The first kappa shape index (κ1) is 22.0. The summed E-state index contributed by atoms with van der Waals surface area (Å²) in [5, 5.41) is 9.07. The van der Waals surface area contributed by atoms with E-state index in [-0.39, 0.29) is 11.3 Å². The molecule has 3 rings (SSSR count). The number of fused-ring (bicyclic) bond motifs is 1. The van der Waals surface area contributed by atoms with Crippen molar-refractivity contribution in [3.05, 3.63) is 75.5 Å². The lowest BCUT2D eigenvalue weighted by Crippen LogP contribution is -2.08. The van der Waals surface area contributed by atoms with Crippen LogP contribution in [0.1, 0.15) is 45.8 Å². The van der Waals surface area contributed by atoms with Crippen LogP contribution in [-0.2, 0) is 14.3 Å². The van der Waals surface area contributed by atoms with Crippen LogP contribution in [0.15, 0.2) is 53.1 Å². The van der Waals surface area contributed by atoms with Gasteiger partial charge in [0, 0.05) is 30.1 Å². The van der Waals surface area contributed by atoms with E-state index in [0.29, 0.717) is 11.3 Å². The van der Waals surface area contributed by atoms with Crippen molar-refractivity contribution in [1.82, 2.24) is 4.40 Å². The molecule has 2 aromatic heterocycles. The van der Waals surface area contributed by atoms with E-state index in [1.54, 1.807) is 12.1 Å². The Morgan fingerprint density at radius 2 is 1.59 bits per heavy atom. The SMILES string of the molecule is CC(=O)OC(C)=O.Cc1c(Br)c2ccccn2c1C(=O)c1cccc(C(=O)O)c1. The van der Waals surface area contributed by atoms with Crippen molar-refractivity contribution in [2.45, 2.75) is 20.8 Å². The summed E-state index contributed by atoms with van der Waals surface area (Å²) in [6.07, 6.45) is 1.82. The van der Waals surface area contributed by atoms with Gasteiger partial charge in [0.05, 0.1) is 16.8 Å². The van der Waals surface area contributed by atoms with E-state index in [4.69, 9.17) is 5.11 Å². The van der Waals surface area contributed by atoms with Gasteiger partial charge in [0.15, 0.2) is 0 Å². The van der Waals surface area contributed by atoms with Gasteiger partial charge in [-0.05, 0) is 52.7 Å². The van der Waals surface area contributed by atoms with Crippen LogP contribution < -0.4 is 0 Å². The minimum Gasteiger partial charge on any atom is -0.478 e. The number of halogens is 1. The number of rotatable bonds is 3. The first-order valence-electron chi connectivity index (χ1n) is 8.45. The number of pyridine rings is 1. The zero-order valence-corrected chi connectivity index (χ0v) is 17.5. The third-order valence-electron chi connectivity index (χ3n) is 3.88. The summed E-state index contributed by atoms with van der Waals surface area (Å²) in [6.45, 7) is 4.23. The Morgan fingerprint density at radius 3 is 2.14 bits per heavy atom. The highest BCUT2D eigenvalue weighted by atomic mass is 79.9. The second-order valence-electron chi connectivity index (χ2n) is 6.04. The zero-order chi connectivity index (χ0) is 21.7. The fourth-order valence-corrected chi connectivity index (χ4v) is 3.22. The van der Waals surface area contributed by atoms with Gasteiger partial charge in [-0.1, -0.05) is 18.2 Å². The summed E-state index contributed by atoms with van der Waals surface area (Å²) in [5.74, 6) is -2.37. The fraction of sp³-hybridized carbons (Fsp3) is 0.143. The molecule has 3 aromatic rings. The molecule has 7 nitrogen and oxygen atoms in total. The Balaban J connectivity index is 0.000000370. The molecule has 1 N–H and O–H groups in total. The number of carboxylic acid groups (broad SMARTS) is 1. The van der Waals surface area contributed by atoms with Gasteiger partial charge in [0.2, 0.25) is 5.78 Å². The fourth-order valence-electron chi connectivity index (χ4n) is 2.71. The van der Waals surface area contributed by atoms with Crippen molar-refractivity contribution in [1.29, 1.82) is 0 Å². The predicted octanol–water partition coefficient (Wildman–Crippen LogP) is 4.04. The van der Waals surface area contributed by atoms with Gasteiger partial charge >= 0.3 is 17.9 Å². The average molecular weight is 460 g/mol. The van der Waals surface area contributed by atoms with Crippen molar-refractivity contribution in [2.75, 3.05) is 0 Å². The molecule has 0 atom stereocenters. The Hall–Kier alpha value is -3.26. The minimum atomic E-state index is -1.05. The normalized spacial score (nSPS) is 10.1. The maximum Gasteiger partial charge on any atom is 0.335 e. The molecule has 0 aliphatic rings. The van der Waals surface area contributed by atoms with E-state index in [0.717, 1.165) is 15.6 Å². The predicted molar refractivity (Wildman–Crippen MR) is 109 cm³/mol. The lowest BCUT2D eigenvalue weighted by molar-refractivity contribution is -0.156. The molecule has 29 heavy (non-hydrogen) atoms. The summed E-state index contributed by atoms with van der Waals surface area (Å²) in [7, 11) is 0. The number of carbonyl (C=O) groups is 4. The van der Waals surface area contributed by atoms with E-state index in [1.807, 2.05) is 35.7 Å². The molecule has 0 amide bonds. The van der Waals surface area contributed by atoms with Gasteiger partial charge in [-0.3, -0.25) is 14.4 Å². The number of benzene rings is 1. The summed E-state index contributed by atoms with van der Waals surface area (Å²) >= 11 is 3.51. The molecule has 150 valence electrons. The number of ketones is 1. The number of nitrogens with zero attached hydrogens (tertiary/aromatic N) is 1. The van der Waals surface area contributed by atoms with E-state index < -0.39 is 17.9 Å². The first-order chi connectivity index (χ1) is 13.6. The van der Waals surface area contributed by atoms with E-state index >= 15 is 0 Å². The maximum absolute atomic E-state index is 12.8. The summed E-state index contributed by atoms with van der Waals surface area (Å²) in [5.41, 5.74) is 2.72. The molecule has 0 radical (unpaired) electrons. The van der Waals surface area contributed by atoms with E-state index in [9.17, 15) is 19.2 Å². The first-order valence-corrected chi connectivity index (χ1v) is 9.25. The lowest BCUT2D eigenvalue weighted by atomic mass is 10.0. The summed E-state index contributed by atoms with van der Waals surface area (Å²) in [6, 6.07) is 11.8. The van der Waals surface area contributed by atoms with Crippen molar-refractivity contribution < 1.29 is 29.0 Å². The Morgan fingerprint density at radius 1 is 0.966 bits per heavy atom. The van der Waals surface area contributed by atoms with E-state index in [1.165, 1.54) is 26.0 Å². The van der Waals surface area contributed by atoms with Crippen molar-refractivity contribution in [2.24, 2.45) is 0 Å². The quantitative estimate of drug-likeness (QED) is 0.360. The molecular formula is C21H18BrNO6. The van der Waals surface area contributed by atoms with Crippen LogP contribution >= 0.6 is 15.9 Å². The van der Waals surface area contributed by atoms with Gasteiger partial charge in [-0.2, -0.15) is 0 Å². The second-order valence-corrected chi connectivity index (χ2v) is 6.84. The number of hydrogen-bond acceptors (Lipinski definition) is 5. The maximum atomic E-state index is 12.8. The second kappa shape index (κ2) is 9.29. The number of carbonyl (C=O) groups excluding carboxylic acids is 3. The standard InChI is InChI=1S/C17H12BrNO3.C4H6O3/c1-10-14(18)13-7-2-3-8-19(13)15(10)16(20)11-5-4-6-12(9-11)17(21)22;1-3(5)7-4(2)6/h2-9H,1H3,(H,21,22);1-2H3. The van der Waals surface area contributed by atoms with Crippen LogP contribution in [0.5, 0.6) is 0 Å². The average Bonchev–Trinajstić information content (AvgIpc) is 2.92. The molecule has 0 saturated heterocycles. The Kier molecular flexibility index (Phi) is 7.06. The molecule has 0 fully saturated rings. The van der Waals surface area contributed by atoms with Crippen molar-refractivity contribution in [3.63, 3.8) is 0 Å². The Bertz CT molecular complexity index is 1100. The number of aromatic nitrogens is 1. The largest absolute Gasteiger partial charge is 0.478 e. The topological polar surface area (TPSA) is 102 Å². The van der Waals surface area contributed by atoms with Gasteiger partial charge in [-0.25, -0.2) is 4.79 Å². The van der Waals surface area contributed by atoms with Gasteiger partial charge in [0.1, 0.15) is 0 Å². The lowest BCUT2D eigenvalue weighted by Gasteiger charge is -2.05. The van der Waals surface area contributed by atoms with Crippen LogP contribution in [0.25, 0.3) is 5.52 Å². The number of ether oxygens (including phenoxy) is 1. The van der Waals surface area contributed by atoms with Crippen LogP contribution in [0, 0.1) is 6.92 Å². The minimum absolute atomic E-state index is 0.100. The summed E-state index contributed by atoms with van der Waals surface area (Å²) in [4.78, 5) is 43.5. The molecule has 0 bridgehead atoms. The molecule has 0 unspecified atom stereocenters. The molecule has 0 aliphatic heterocycles. The molecule has 2 heterocycles.